The SMILES string of the molecule is CC(C)c1cc(F)cc(-c2ccc(Cl)nc2)c1CC(=O)NS(=O)(=O)c1cc(C(C)(C)O)cs1. The highest BCUT2D eigenvalue weighted by Gasteiger charge is 2.26. The summed E-state index contributed by atoms with van der Waals surface area (Å²) in [5.74, 6) is -1.35. The molecule has 0 saturated carbocycles. The number of benzene rings is 1. The van der Waals surface area contributed by atoms with Crippen LogP contribution < -0.4 is 4.72 Å². The number of nitrogens with zero attached hydrogens (tertiary/aromatic N) is 1. The van der Waals surface area contributed by atoms with Crippen molar-refractivity contribution in [1.82, 2.24) is 9.71 Å². The van der Waals surface area contributed by atoms with E-state index in [9.17, 15) is 22.7 Å². The summed E-state index contributed by atoms with van der Waals surface area (Å²) in [6, 6.07) is 7.20. The molecule has 176 valence electrons. The lowest BCUT2D eigenvalue weighted by atomic mass is 9.88. The fourth-order valence-corrected chi connectivity index (χ4v) is 5.78. The Labute approximate surface area is 201 Å². The molecule has 0 unspecified atom stereocenters. The van der Waals surface area contributed by atoms with Gasteiger partial charge in [-0.2, -0.15) is 0 Å². The van der Waals surface area contributed by atoms with Crippen LogP contribution in [0.25, 0.3) is 11.1 Å². The predicted octanol–water partition coefficient (Wildman–Crippen LogP) is 5.00. The highest BCUT2D eigenvalue weighted by molar-refractivity contribution is 7.92. The molecule has 2 N–H and O–H groups in total. The van der Waals surface area contributed by atoms with Gasteiger partial charge in [0.15, 0.2) is 0 Å². The summed E-state index contributed by atoms with van der Waals surface area (Å²) in [5, 5.41) is 11.9. The molecule has 10 heteroatoms. The van der Waals surface area contributed by atoms with Crippen molar-refractivity contribution < 1.29 is 22.7 Å². The first-order valence-corrected chi connectivity index (χ1v) is 12.8. The number of hydrogen-bond donors (Lipinski definition) is 2. The summed E-state index contributed by atoms with van der Waals surface area (Å²) >= 11 is 6.78. The van der Waals surface area contributed by atoms with E-state index < -0.39 is 27.3 Å². The normalized spacial score (nSPS) is 12.2. The number of halogens is 2. The van der Waals surface area contributed by atoms with Gasteiger partial charge in [0.1, 0.15) is 15.2 Å². The van der Waals surface area contributed by atoms with Crippen molar-refractivity contribution in [1.29, 1.82) is 0 Å². The van der Waals surface area contributed by atoms with Crippen LogP contribution in [0.4, 0.5) is 4.39 Å². The van der Waals surface area contributed by atoms with Gasteiger partial charge in [-0.15, -0.1) is 11.3 Å². The molecule has 1 aromatic carbocycles. The minimum atomic E-state index is -4.14. The largest absolute Gasteiger partial charge is 0.386 e. The monoisotopic (exact) mass is 510 g/mol. The highest BCUT2D eigenvalue weighted by Crippen LogP contribution is 2.33. The molecule has 0 spiro atoms. The van der Waals surface area contributed by atoms with Crippen LogP contribution in [0.2, 0.25) is 5.15 Å². The van der Waals surface area contributed by atoms with Crippen molar-refractivity contribution in [2.45, 2.75) is 49.8 Å². The second-order valence-electron chi connectivity index (χ2n) is 8.46. The van der Waals surface area contributed by atoms with Gasteiger partial charge >= 0.3 is 0 Å². The van der Waals surface area contributed by atoms with Crippen LogP contribution in [-0.4, -0.2) is 24.4 Å². The lowest BCUT2D eigenvalue weighted by molar-refractivity contribution is -0.118. The van der Waals surface area contributed by atoms with Crippen LogP contribution in [0.1, 0.15) is 50.3 Å². The molecule has 6 nitrogen and oxygen atoms in total. The molecular weight excluding hydrogens is 487 g/mol. The Morgan fingerprint density at radius 2 is 1.97 bits per heavy atom. The fourth-order valence-electron chi connectivity index (χ4n) is 3.34. The lowest BCUT2D eigenvalue weighted by Gasteiger charge is -2.18. The number of pyridine rings is 1. The molecule has 0 aliphatic rings. The van der Waals surface area contributed by atoms with Crippen LogP contribution >= 0.6 is 22.9 Å². The van der Waals surface area contributed by atoms with Gasteiger partial charge < -0.3 is 5.11 Å². The number of carbonyl (C=O) groups is 1. The fraction of sp³-hybridized carbons (Fsp3) is 0.304. The van der Waals surface area contributed by atoms with Gasteiger partial charge in [-0.25, -0.2) is 22.5 Å². The topological polar surface area (TPSA) is 96.4 Å². The second-order valence-corrected chi connectivity index (χ2v) is 11.7. The molecule has 0 aliphatic heterocycles. The van der Waals surface area contributed by atoms with Crippen molar-refractivity contribution in [2.24, 2.45) is 0 Å². The van der Waals surface area contributed by atoms with E-state index in [1.807, 2.05) is 13.8 Å². The molecule has 3 aromatic rings. The van der Waals surface area contributed by atoms with Gasteiger partial charge in [0.05, 0.1) is 12.0 Å². The zero-order valence-electron chi connectivity index (χ0n) is 18.5. The average Bonchev–Trinajstić information content (AvgIpc) is 3.21. The third kappa shape index (κ3) is 5.97. The molecule has 2 aromatic heterocycles. The maximum Gasteiger partial charge on any atom is 0.273 e. The zero-order chi connectivity index (χ0) is 24.6. The number of aliphatic hydroxyl groups is 1. The summed E-state index contributed by atoms with van der Waals surface area (Å²) in [6.07, 6.45) is 1.19. The molecule has 2 heterocycles. The van der Waals surface area contributed by atoms with Crippen LogP contribution in [0.5, 0.6) is 0 Å². The smallest absolute Gasteiger partial charge is 0.273 e. The Bertz CT molecular complexity index is 1280. The van der Waals surface area contributed by atoms with Gasteiger partial charge in [-0.3, -0.25) is 4.79 Å². The number of carbonyl (C=O) groups excluding carboxylic acids is 1. The highest BCUT2D eigenvalue weighted by atomic mass is 35.5. The maximum atomic E-state index is 14.4. The van der Waals surface area contributed by atoms with Gasteiger partial charge in [-0.1, -0.05) is 25.4 Å². The molecule has 0 bridgehead atoms. The van der Waals surface area contributed by atoms with Gasteiger partial charge in [0.25, 0.3) is 10.0 Å². The predicted molar refractivity (Wildman–Crippen MR) is 127 cm³/mol. The van der Waals surface area contributed by atoms with Crippen molar-refractivity contribution in [3.05, 3.63) is 69.6 Å². The number of aromatic nitrogens is 1. The number of sulfonamides is 1. The summed E-state index contributed by atoms with van der Waals surface area (Å²) in [6.45, 7) is 6.81. The molecule has 3 rings (SSSR count). The molecule has 0 radical (unpaired) electrons. The number of hydrogen-bond acceptors (Lipinski definition) is 6. The Morgan fingerprint density at radius 1 is 1.27 bits per heavy atom. The van der Waals surface area contributed by atoms with E-state index in [2.05, 4.69) is 9.71 Å². The van der Waals surface area contributed by atoms with Crippen LogP contribution in [0, 0.1) is 5.82 Å². The van der Waals surface area contributed by atoms with E-state index in [1.165, 1.54) is 29.8 Å². The zero-order valence-corrected chi connectivity index (χ0v) is 20.9. The van der Waals surface area contributed by atoms with E-state index in [0.717, 1.165) is 11.3 Å². The van der Waals surface area contributed by atoms with Crippen molar-refractivity contribution in [3.63, 3.8) is 0 Å². The standard InChI is InChI=1S/C23H24ClFN2O4S2/c1-13(2)17-8-16(25)9-18(14-5-6-20(24)26-11-14)19(17)10-21(28)27-33(30,31)22-7-15(12-32-22)23(3,4)29/h5-9,11-13,29H,10H2,1-4H3,(H,27,28). The van der Waals surface area contributed by atoms with E-state index in [-0.39, 0.29) is 21.7 Å². The molecule has 0 aliphatic carbocycles. The quantitative estimate of drug-likeness (QED) is 0.436. The van der Waals surface area contributed by atoms with Gasteiger partial charge in [-0.05, 0) is 77.7 Å². The third-order valence-electron chi connectivity index (χ3n) is 5.04. The minimum absolute atomic E-state index is 0.0849. The van der Waals surface area contributed by atoms with Crippen LogP contribution in [-0.2, 0) is 26.8 Å². The van der Waals surface area contributed by atoms with Crippen molar-refractivity contribution in [2.75, 3.05) is 0 Å². The molecule has 0 saturated heterocycles. The summed E-state index contributed by atoms with van der Waals surface area (Å²) < 4.78 is 41.9. The summed E-state index contributed by atoms with van der Waals surface area (Å²) in [5.41, 5.74) is 1.31. The van der Waals surface area contributed by atoms with Gasteiger partial charge in [0.2, 0.25) is 5.91 Å². The number of amides is 1. The van der Waals surface area contributed by atoms with Gasteiger partial charge in [0, 0.05) is 11.8 Å². The Hall–Kier alpha value is -2.33. The first-order valence-electron chi connectivity index (χ1n) is 10.1. The lowest BCUT2D eigenvalue weighted by Crippen LogP contribution is -2.32. The number of thiophene rings is 1. The van der Waals surface area contributed by atoms with E-state index in [4.69, 9.17) is 11.6 Å². The summed E-state index contributed by atoms with van der Waals surface area (Å²) in [4.78, 5) is 16.9. The Morgan fingerprint density at radius 3 is 2.52 bits per heavy atom. The molecule has 0 atom stereocenters. The third-order valence-corrected chi connectivity index (χ3v) is 8.08. The average molecular weight is 511 g/mol. The van der Waals surface area contributed by atoms with E-state index in [0.29, 0.717) is 27.8 Å². The molecule has 0 fully saturated rings. The van der Waals surface area contributed by atoms with E-state index >= 15 is 0 Å². The van der Waals surface area contributed by atoms with E-state index in [1.54, 1.807) is 26.0 Å². The summed E-state index contributed by atoms with van der Waals surface area (Å²) in [7, 11) is -4.14. The first kappa shape index (κ1) is 25.3. The van der Waals surface area contributed by atoms with Crippen LogP contribution in [0.3, 0.4) is 0 Å². The first-order chi connectivity index (χ1) is 15.3. The molecule has 1 amide bonds. The number of nitrogens with one attached hydrogen (secondary N) is 1. The Balaban J connectivity index is 1.96. The number of rotatable bonds is 7. The second kappa shape index (κ2) is 9.50. The maximum absolute atomic E-state index is 14.4. The van der Waals surface area contributed by atoms with Crippen molar-refractivity contribution >= 4 is 38.9 Å². The molecule has 33 heavy (non-hydrogen) atoms. The molecular formula is C23H24ClFN2O4S2. The van der Waals surface area contributed by atoms with Crippen LogP contribution in [0.15, 0.2) is 46.1 Å². The minimum Gasteiger partial charge on any atom is -0.386 e. The van der Waals surface area contributed by atoms with Crippen molar-refractivity contribution in [3.8, 4) is 11.1 Å². The Kier molecular flexibility index (Phi) is 7.28.